The monoisotopic (exact) mass is 435 g/mol. The van der Waals surface area contributed by atoms with Gasteiger partial charge < -0.3 is 15.0 Å². The molecule has 3 heterocycles. The Morgan fingerprint density at radius 2 is 2.06 bits per heavy atom. The Balaban J connectivity index is 1.70. The van der Waals surface area contributed by atoms with Crippen LogP contribution in [0.15, 0.2) is 55.2 Å². The van der Waals surface area contributed by atoms with Crippen LogP contribution in [0.25, 0.3) is 11.6 Å². The summed E-state index contributed by atoms with van der Waals surface area (Å²) in [6.07, 6.45) is 9.25. The molecular formula is C24H26ClN5O. The van der Waals surface area contributed by atoms with Crippen LogP contribution in [-0.4, -0.2) is 56.3 Å². The molecule has 1 unspecified atom stereocenters. The number of hydrogen-bond acceptors (Lipinski definition) is 5. The Hall–Kier alpha value is -2.51. The third-order valence-corrected chi connectivity index (χ3v) is 6.41. The summed E-state index contributed by atoms with van der Waals surface area (Å²) in [5.74, 6) is 0. The third-order valence-electron chi connectivity index (χ3n) is 6.18. The number of piperazine rings is 1. The van der Waals surface area contributed by atoms with Gasteiger partial charge >= 0.3 is 0 Å². The predicted molar refractivity (Wildman–Crippen MR) is 123 cm³/mol. The molecule has 3 aromatic rings. The number of rotatable bonds is 4. The standard InChI is InChI=1S/C24H26ClN5O/c1-24(31,15-29-10-7-27-16-29)21-13-17-3-2-6-28-22(17)23(30-11-8-26-9-12-30)19-5-4-18(25)14-20(19)21/h2-7,10,13-14,16,23,26,31H,8-9,11-12,15H2,1H3/t23-,24?/m0/s1. The van der Waals surface area contributed by atoms with Gasteiger partial charge in [0.05, 0.1) is 24.6 Å². The number of nitrogens with zero attached hydrogens (tertiary/aromatic N) is 4. The second-order valence-corrected chi connectivity index (χ2v) is 8.90. The number of benzene rings is 1. The van der Waals surface area contributed by atoms with E-state index >= 15 is 0 Å². The number of aliphatic hydroxyl groups is 1. The molecule has 160 valence electrons. The number of fused-ring (bicyclic) bond motifs is 2. The van der Waals surface area contributed by atoms with Gasteiger partial charge in [-0.1, -0.05) is 23.7 Å². The van der Waals surface area contributed by atoms with Crippen molar-refractivity contribution in [1.29, 1.82) is 0 Å². The van der Waals surface area contributed by atoms with Crippen LogP contribution in [0.2, 0.25) is 5.02 Å². The van der Waals surface area contributed by atoms with Crippen molar-refractivity contribution < 1.29 is 5.11 Å². The Morgan fingerprint density at radius 3 is 2.84 bits per heavy atom. The minimum atomic E-state index is -1.13. The highest BCUT2D eigenvalue weighted by Gasteiger charge is 2.36. The van der Waals surface area contributed by atoms with Gasteiger partial charge in [-0.25, -0.2) is 4.98 Å². The van der Waals surface area contributed by atoms with E-state index in [2.05, 4.69) is 33.4 Å². The smallest absolute Gasteiger partial charge is 0.105 e. The maximum Gasteiger partial charge on any atom is 0.105 e. The average molecular weight is 436 g/mol. The summed E-state index contributed by atoms with van der Waals surface area (Å²) in [5.41, 5.74) is 3.84. The van der Waals surface area contributed by atoms with E-state index in [4.69, 9.17) is 16.6 Å². The Bertz CT molecular complexity index is 1100. The van der Waals surface area contributed by atoms with E-state index in [-0.39, 0.29) is 6.04 Å². The molecule has 0 bridgehead atoms. The van der Waals surface area contributed by atoms with E-state index in [9.17, 15) is 5.11 Å². The number of hydrogen-bond donors (Lipinski definition) is 2. The van der Waals surface area contributed by atoms with Crippen LogP contribution in [0.5, 0.6) is 0 Å². The Labute approximate surface area is 187 Å². The quantitative estimate of drug-likeness (QED) is 0.658. The first kappa shape index (κ1) is 20.4. The summed E-state index contributed by atoms with van der Waals surface area (Å²) in [6, 6.07) is 10.0. The summed E-state index contributed by atoms with van der Waals surface area (Å²) in [6.45, 7) is 6.00. The zero-order chi connectivity index (χ0) is 21.4. The van der Waals surface area contributed by atoms with Crippen LogP contribution in [0.1, 0.15) is 35.3 Å². The lowest BCUT2D eigenvalue weighted by Gasteiger charge is -2.36. The first-order valence-electron chi connectivity index (χ1n) is 10.6. The molecule has 0 amide bonds. The molecule has 1 saturated heterocycles. The van der Waals surface area contributed by atoms with Crippen LogP contribution in [0.3, 0.4) is 0 Å². The van der Waals surface area contributed by atoms with Crippen molar-refractivity contribution in [2.45, 2.75) is 25.1 Å². The number of pyridine rings is 1. The normalized spacial score (nSPS) is 20.9. The lowest BCUT2D eigenvalue weighted by molar-refractivity contribution is 0.103. The first-order chi connectivity index (χ1) is 15.0. The molecule has 0 radical (unpaired) electrons. The maximum absolute atomic E-state index is 11.7. The van der Waals surface area contributed by atoms with Crippen molar-refractivity contribution in [1.82, 2.24) is 24.8 Å². The summed E-state index contributed by atoms with van der Waals surface area (Å²) >= 11 is 6.47. The van der Waals surface area contributed by atoms with Crippen molar-refractivity contribution in [3.05, 3.63) is 82.7 Å². The summed E-state index contributed by atoms with van der Waals surface area (Å²) in [7, 11) is 0. The second-order valence-electron chi connectivity index (χ2n) is 8.46. The minimum absolute atomic E-state index is 0.00311. The summed E-state index contributed by atoms with van der Waals surface area (Å²) in [5, 5.41) is 15.8. The van der Waals surface area contributed by atoms with E-state index in [1.165, 1.54) is 0 Å². The highest BCUT2D eigenvalue weighted by Crippen LogP contribution is 2.43. The number of nitrogens with one attached hydrogen (secondary N) is 1. The lowest BCUT2D eigenvalue weighted by Crippen LogP contribution is -2.45. The van der Waals surface area contributed by atoms with Crippen molar-refractivity contribution in [2.24, 2.45) is 0 Å². The molecule has 7 heteroatoms. The van der Waals surface area contributed by atoms with Gasteiger partial charge in [-0.2, -0.15) is 0 Å². The van der Waals surface area contributed by atoms with Gasteiger partial charge in [0.2, 0.25) is 0 Å². The maximum atomic E-state index is 11.7. The molecule has 1 aromatic carbocycles. The van der Waals surface area contributed by atoms with Crippen LogP contribution in [0.4, 0.5) is 0 Å². The number of halogens is 1. The Morgan fingerprint density at radius 1 is 1.23 bits per heavy atom. The highest BCUT2D eigenvalue weighted by atomic mass is 35.5. The zero-order valence-electron chi connectivity index (χ0n) is 17.5. The van der Waals surface area contributed by atoms with Gasteiger partial charge in [-0.3, -0.25) is 9.88 Å². The third kappa shape index (κ3) is 3.92. The van der Waals surface area contributed by atoms with Gasteiger partial charge in [0.25, 0.3) is 0 Å². The van der Waals surface area contributed by atoms with Crippen LogP contribution < -0.4 is 5.32 Å². The molecule has 31 heavy (non-hydrogen) atoms. The SMILES string of the molecule is CC(O)(Cn1ccnc1)C1=Cc2cccnc2[C@@H](N2CCNCC2)c2ccc(Cl)cc21. The van der Waals surface area contributed by atoms with Crippen LogP contribution >= 0.6 is 11.6 Å². The molecule has 6 nitrogen and oxygen atoms in total. The number of imidazole rings is 1. The lowest BCUT2D eigenvalue weighted by atomic mass is 9.85. The van der Waals surface area contributed by atoms with Crippen molar-refractivity contribution in [2.75, 3.05) is 26.2 Å². The molecule has 2 atom stereocenters. The van der Waals surface area contributed by atoms with Gasteiger partial charge in [0.15, 0.2) is 0 Å². The van der Waals surface area contributed by atoms with Gasteiger partial charge in [-0.15, -0.1) is 0 Å². The van der Waals surface area contributed by atoms with Crippen LogP contribution in [0, 0.1) is 0 Å². The van der Waals surface area contributed by atoms with E-state index in [1.807, 2.05) is 42.1 Å². The second kappa shape index (κ2) is 8.20. The molecule has 2 N–H and O–H groups in total. The largest absolute Gasteiger partial charge is 0.384 e. The van der Waals surface area contributed by atoms with E-state index in [1.54, 1.807) is 12.5 Å². The van der Waals surface area contributed by atoms with Gasteiger partial charge in [-0.05, 0) is 53.5 Å². The highest BCUT2D eigenvalue weighted by molar-refractivity contribution is 6.30. The van der Waals surface area contributed by atoms with Crippen molar-refractivity contribution in [3.63, 3.8) is 0 Å². The van der Waals surface area contributed by atoms with Crippen molar-refractivity contribution >= 4 is 23.3 Å². The van der Waals surface area contributed by atoms with Gasteiger partial charge in [0, 0.05) is 49.8 Å². The van der Waals surface area contributed by atoms with E-state index < -0.39 is 5.60 Å². The predicted octanol–water partition coefficient (Wildman–Crippen LogP) is 3.23. The van der Waals surface area contributed by atoms with Gasteiger partial charge in [0.1, 0.15) is 5.60 Å². The molecule has 1 aliphatic heterocycles. The van der Waals surface area contributed by atoms with Crippen LogP contribution in [-0.2, 0) is 6.54 Å². The molecule has 1 aliphatic carbocycles. The summed E-state index contributed by atoms with van der Waals surface area (Å²) < 4.78 is 1.90. The minimum Gasteiger partial charge on any atom is -0.384 e. The molecule has 1 fully saturated rings. The number of aromatic nitrogens is 3. The molecule has 0 spiro atoms. The molecular weight excluding hydrogens is 410 g/mol. The summed E-state index contributed by atoms with van der Waals surface area (Å²) in [4.78, 5) is 11.4. The molecule has 0 saturated carbocycles. The molecule has 2 aromatic heterocycles. The first-order valence-corrected chi connectivity index (χ1v) is 11.0. The molecule has 2 aliphatic rings. The van der Waals surface area contributed by atoms with Crippen molar-refractivity contribution in [3.8, 4) is 0 Å². The Kier molecular flexibility index (Phi) is 5.40. The van der Waals surface area contributed by atoms with E-state index in [0.717, 1.165) is 54.1 Å². The van der Waals surface area contributed by atoms with E-state index in [0.29, 0.717) is 11.6 Å². The molecule has 5 rings (SSSR count). The zero-order valence-corrected chi connectivity index (χ0v) is 18.3. The fourth-order valence-corrected chi connectivity index (χ4v) is 4.91. The average Bonchev–Trinajstić information content (AvgIpc) is 3.21. The fourth-order valence-electron chi connectivity index (χ4n) is 4.74. The topological polar surface area (TPSA) is 66.2 Å². The fraction of sp³-hybridized carbons (Fsp3) is 0.333.